The Hall–Kier alpha value is -1.16. The third-order valence-corrected chi connectivity index (χ3v) is 2.04. The highest BCUT2D eigenvalue weighted by molar-refractivity contribution is 9.10. The van der Waals surface area contributed by atoms with E-state index in [0.29, 0.717) is 6.54 Å². The number of aromatic nitrogens is 3. The topological polar surface area (TPSA) is 30.7 Å². The van der Waals surface area contributed by atoms with E-state index < -0.39 is 0 Å². The van der Waals surface area contributed by atoms with E-state index in [4.69, 9.17) is 0 Å². The molecule has 0 amide bonds. The van der Waals surface area contributed by atoms with E-state index >= 15 is 0 Å². The second-order valence-electron chi connectivity index (χ2n) is 2.68. The lowest BCUT2D eigenvalue weighted by Crippen LogP contribution is -2.02. The molecule has 2 aromatic rings. The van der Waals surface area contributed by atoms with Gasteiger partial charge in [-0.15, -0.1) is 5.10 Å². The predicted octanol–water partition coefficient (Wildman–Crippen LogP) is 2.09. The largest absolute Gasteiger partial charge is 0.179 e. The summed E-state index contributed by atoms with van der Waals surface area (Å²) in [6, 6.07) is 10.1. The zero-order valence-corrected chi connectivity index (χ0v) is 8.48. The Bertz CT molecular complexity index is 383. The molecule has 0 unspecified atom stereocenters. The molecule has 1 aromatic heterocycles. The van der Waals surface area contributed by atoms with Crippen LogP contribution in [0.3, 0.4) is 0 Å². The molecule has 1 heterocycles. The van der Waals surface area contributed by atoms with Crippen LogP contribution in [0.2, 0.25) is 0 Å². The van der Waals surface area contributed by atoms with Crippen LogP contribution < -0.4 is 0 Å². The van der Waals surface area contributed by atoms with Gasteiger partial charge in [0.2, 0.25) is 0 Å². The van der Waals surface area contributed by atoms with E-state index in [2.05, 4.69) is 38.3 Å². The molecule has 0 aliphatic heterocycles. The lowest BCUT2D eigenvalue weighted by atomic mass is 10.2. The summed E-state index contributed by atoms with van der Waals surface area (Å²) in [6.07, 6.45) is 1.68. The Kier molecular flexibility index (Phi) is 2.40. The Morgan fingerprint density at radius 1 is 1.23 bits per heavy atom. The fourth-order valence-corrected chi connectivity index (χ4v) is 1.37. The minimum Gasteiger partial charge on any atom is -0.179 e. The maximum absolute atomic E-state index is 4.13. The second kappa shape index (κ2) is 3.70. The second-order valence-corrected chi connectivity index (χ2v) is 3.50. The third kappa shape index (κ3) is 2.15. The summed E-state index contributed by atoms with van der Waals surface area (Å²) in [5.41, 5.74) is 1.20. The lowest BCUT2D eigenvalue weighted by Gasteiger charge is -1.98. The highest BCUT2D eigenvalue weighted by Crippen LogP contribution is 2.04. The molecule has 0 atom stereocenters. The molecule has 0 spiro atoms. The van der Waals surface area contributed by atoms with Gasteiger partial charge in [0.05, 0.1) is 12.7 Å². The van der Waals surface area contributed by atoms with E-state index in [1.54, 1.807) is 11.0 Å². The molecule has 0 radical (unpaired) electrons. The number of rotatable bonds is 2. The summed E-state index contributed by atoms with van der Waals surface area (Å²) in [6.45, 7) is 0.715. The number of hydrogen-bond acceptors (Lipinski definition) is 2. The van der Waals surface area contributed by atoms with Crippen molar-refractivity contribution in [2.24, 2.45) is 0 Å². The highest BCUT2D eigenvalue weighted by Gasteiger charge is 1.97. The summed E-state index contributed by atoms with van der Waals surface area (Å²) in [4.78, 5) is 1.65. The maximum Gasteiger partial charge on any atom is 0.148 e. The number of halogens is 1. The van der Waals surface area contributed by atoms with Gasteiger partial charge in [0.15, 0.2) is 0 Å². The van der Waals surface area contributed by atoms with Crippen LogP contribution >= 0.6 is 15.9 Å². The van der Waals surface area contributed by atoms with Crippen molar-refractivity contribution >= 4 is 15.9 Å². The average Bonchev–Trinajstić information content (AvgIpc) is 2.53. The molecule has 66 valence electrons. The van der Waals surface area contributed by atoms with Crippen molar-refractivity contribution in [2.75, 3.05) is 0 Å². The molecule has 0 N–H and O–H groups in total. The standard InChI is InChI=1S/C9H8BrN3/c10-9-6-11-13(12-9)7-8-4-2-1-3-5-8/h1-6H,7H2. The minimum atomic E-state index is 0.715. The molecule has 13 heavy (non-hydrogen) atoms. The van der Waals surface area contributed by atoms with Crippen LogP contribution in [0.15, 0.2) is 41.1 Å². The molecule has 0 aliphatic carbocycles. The molecule has 0 saturated carbocycles. The lowest BCUT2D eigenvalue weighted by molar-refractivity contribution is 0.588. The molecule has 3 nitrogen and oxygen atoms in total. The van der Waals surface area contributed by atoms with Gasteiger partial charge in [-0.05, 0) is 21.5 Å². The van der Waals surface area contributed by atoms with E-state index in [-0.39, 0.29) is 0 Å². The Balaban J connectivity index is 2.15. The summed E-state index contributed by atoms with van der Waals surface area (Å²) in [7, 11) is 0. The first-order valence-electron chi connectivity index (χ1n) is 3.94. The molecule has 1 aromatic carbocycles. The van der Waals surface area contributed by atoms with Crippen molar-refractivity contribution in [3.63, 3.8) is 0 Å². The maximum atomic E-state index is 4.13. The van der Waals surface area contributed by atoms with Crippen molar-refractivity contribution in [1.29, 1.82) is 0 Å². The molecule has 0 bridgehead atoms. The van der Waals surface area contributed by atoms with Crippen molar-refractivity contribution in [1.82, 2.24) is 15.0 Å². The summed E-state index contributed by atoms with van der Waals surface area (Å²) < 4.78 is 0.767. The van der Waals surface area contributed by atoms with E-state index in [1.807, 2.05) is 18.2 Å². The first kappa shape index (κ1) is 8.44. The van der Waals surface area contributed by atoms with Gasteiger partial charge >= 0.3 is 0 Å². The van der Waals surface area contributed by atoms with Crippen molar-refractivity contribution < 1.29 is 0 Å². The SMILES string of the molecule is Brc1cnn(Cc2ccccc2)n1. The van der Waals surface area contributed by atoms with Crippen LogP contribution in [-0.2, 0) is 6.54 Å². The van der Waals surface area contributed by atoms with Gasteiger partial charge < -0.3 is 0 Å². The van der Waals surface area contributed by atoms with Gasteiger partial charge in [0.25, 0.3) is 0 Å². The van der Waals surface area contributed by atoms with Crippen LogP contribution in [0.1, 0.15) is 5.56 Å². The number of benzene rings is 1. The number of nitrogens with zero attached hydrogens (tertiary/aromatic N) is 3. The average molecular weight is 238 g/mol. The van der Waals surface area contributed by atoms with E-state index in [0.717, 1.165) is 4.60 Å². The molecule has 0 fully saturated rings. The molecule has 2 rings (SSSR count). The van der Waals surface area contributed by atoms with Crippen molar-refractivity contribution in [3.05, 3.63) is 46.7 Å². The quantitative estimate of drug-likeness (QED) is 0.801. The Morgan fingerprint density at radius 3 is 2.62 bits per heavy atom. The van der Waals surface area contributed by atoms with Gasteiger partial charge in [0.1, 0.15) is 4.60 Å². The normalized spacial score (nSPS) is 10.2. The van der Waals surface area contributed by atoms with Crippen LogP contribution in [0.5, 0.6) is 0 Å². The first-order chi connectivity index (χ1) is 6.34. The summed E-state index contributed by atoms with van der Waals surface area (Å²) in [5.74, 6) is 0. The zero-order valence-electron chi connectivity index (χ0n) is 6.89. The van der Waals surface area contributed by atoms with Gasteiger partial charge in [-0.1, -0.05) is 30.3 Å². The van der Waals surface area contributed by atoms with Crippen LogP contribution in [0.25, 0.3) is 0 Å². The summed E-state index contributed by atoms with van der Waals surface area (Å²) >= 11 is 3.25. The zero-order chi connectivity index (χ0) is 9.10. The van der Waals surface area contributed by atoms with Gasteiger partial charge in [-0.3, -0.25) is 0 Å². The fourth-order valence-electron chi connectivity index (χ4n) is 1.10. The first-order valence-corrected chi connectivity index (χ1v) is 4.73. The van der Waals surface area contributed by atoms with Gasteiger partial charge in [0, 0.05) is 0 Å². The monoisotopic (exact) mass is 237 g/mol. The molecular formula is C9H8BrN3. The van der Waals surface area contributed by atoms with E-state index in [9.17, 15) is 0 Å². The highest BCUT2D eigenvalue weighted by atomic mass is 79.9. The van der Waals surface area contributed by atoms with Crippen molar-refractivity contribution in [3.8, 4) is 0 Å². The molecule has 4 heteroatoms. The van der Waals surface area contributed by atoms with E-state index in [1.165, 1.54) is 5.56 Å². The third-order valence-electron chi connectivity index (χ3n) is 1.68. The number of hydrogen-bond donors (Lipinski definition) is 0. The Labute approximate surface area is 84.5 Å². The van der Waals surface area contributed by atoms with Gasteiger partial charge in [-0.2, -0.15) is 9.90 Å². The summed E-state index contributed by atoms with van der Waals surface area (Å²) in [5, 5.41) is 8.20. The molecule has 0 aliphatic rings. The smallest absolute Gasteiger partial charge is 0.148 e. The predicted molar refractivity (Wildman–Crippen MR) is 53.3 cm³/mol. The molecular weight excluding hydrogens is 230 g/mol. The fraction of sp³-hybridized carbons (Fsp3) is 0.111. The van der Waals surface area contributed by atoms with Crippen LogP contribution in [-0.4, -0.2) is 15.0 Å². The Morgan fingerprint density at radius 2 is 2.00 bits per heavy atom. The van der Waals surface area contributed by atoms with Crippen LogP contribution in [0.4, 0.5) is 0 Å². The molecule has 0 saturated heterocycles. The van der Waals surface area contributed by atoms with Gasteiger partial charge in [-0.25, -0.2) is 0 Å². The van der Waals surface area contributed by atoms with Crippen molar-refractivity contribution in [2.45, 2.75) is 6.54 Å². The van der Waals surface area contributed by atoms with Crippen LogP contribution in [0, 0.1) is 0 Å². The minimum absolute atomic E-state index is 0.715.